The van der Waals surface area contributed by atoms with E-state index in [1.807, 2.05) is 13.0 Å². The van der Waals surface area contributed by atoms with E-state index in [1.165, 1.54) is 0 Å². The smallest absolute Gasteiger partial charge is 0.163 e. The molecule has 0 unspecified atom stereocenters. The van der Waals surface area contributed by atoms with Crippen molar-refractivity contribution < 1.29 is 0 Å². The van der Waals surface area contributed by atoms with Crippen LogP contribution in [-0.2, 0) is 0 Å². The molecular formula is C10H9BrN4. The Morgan fingerprint density at radius 2 is 2.00 bits per heavy atom. The van der Waals surface area contributed by atoms with Gasteiger partial charge in [-0.2, -0.15) is 0 Å². The molecule has 0 spiro atoms. The van der Waals surface area contributed by atoms with Gasteiger partial charge in [-0.25, -0.2) is 9.97 Å². The lowest BCUT2D eigenvalue weighted by Gasteiger charge is -2.02. The van der Waals surface area contributed by atoms with Crippen LogP contribution in [-0.4, -0.2) is 15.0 Å². The third kappa shape index (κ3) is 2.30. The van der Waals surface area contributed by atoms with Gasteiger partial charge in [0.2, 0.25) is 0 Å². The molecule has 2 aromatic heterocycles. The Balaban J connectivity index is 2.54. The molecule has 4 nitrogen and oxygen atoms in total. The second-order valence-electron chi connectivity index (χ2n) is 3.15. The van der Waals surface area contributed by atoms with Crippen molar-refractivity contribution >= 4 is 21.7 Å². The molecule has 0 atom stereocenters. The van der Waals surface area contributed by atoms with Gasteiger partial charge >= 0.3 is 0 Å². The fraction of sp³-hybridized carbons (Fsp3) is 0.100. The van der Waals surface area contributed by atoms with E-state index in [0.717, 1.165) is 15.7 Å². The number of nitrogens with two attached hydrogens (primary N) is 1. The average Bonchev–Trinajstić information content (AvgIpc) is 2.16. The van der Waals surface area contributed by atoms with Crippen LogP contribution in [0, 0.1) is 6.92 Å². The summed E-state index contributed by atoms with van der Waals surface area (Å²) in [6.45, 7) is 1.88. The number of hydrogen-bond acceptors (Lipinski definition) is 4. The summed E-state index contributed by atoms with van der Waals surface area (Å²) in [6, 6.07) is 3.64. The molecule has 2 rings (SSSR count). The van der Waals surface area contributed by atoms with Gasteiger partial charge < -0.3 is 5.73 Å². The summed E-state index contributed by atoms with van der Waals surface area (Å²) in [5, 5.41) is 0. The number of nitrogens with zero attached hydrogens (tertiary/aromatic N) is 3. The number of aryl methyl sites for hydroxylation is 1. The van der Waals surface area contributed by atoms with Gasteiger partial charge in [-0.1, -0.05) is 0 Å². The highest BCUT2D eigenvalue weighted by atomic mass is 79.9. The van der Waals surface area contributed by atoms with Crippen LogP contribution >= 0.6 is 15.9 Å². The third-order valence-electron chi connectivity index (χ3n) is 1.84. The number of rotatable bonds is 1. The van der Waals surface area contributed by atoms with Gasteiger partial charge in [0.05, 0.1) is 0 Å². The molecule has 2 heterocycles. The molecule has 0 saturated heterocycles. The summed E-state index contributed by atoms with van der Waals surface area (Å²) in [5.41, 5.74) is 7.34. The van der Waals surface area contributed by atoms with E-state index in [9.17, 15) is 0 Å². The van der Waals surface area contributed by atoms with Crippen molar-refractivity contribution in [3.63, 3.8) is 0 Å². The minimum absolute atomic E-state index is 0.470. The number of pyridine rings is 1. The number of halogens is 1. The monoisotopic (exact) mass is 264 g/mol. The third-order valence-corrected chi connectivity index (χ3v) is 2.27. The zero-order valence-electron chi connectivity index (χ0n) is 8.11. The molecule has 76 valence electrons. The van der Waals surface area contributed by atoms with E-state index in [0.29, 0.717) is 11.6 Å². The molecule has 15 heavy (non-hydrogen) atoms. The lowest BCUT2D eigenvalue weighted by atomic mass is 10.2. The van der Waals surface area contributed by atoms with Crippen LogP contribution in [0.3, 0.4) is 0 Å². The maximum Gasteiger partial charge on any atom is 0.163 e. The van der Waals surface area contributed by atoms with E-state index in [1.54, 1.807) is 18.5 Å². The van der Waals surface area contributed by atoms with Crippen molar-refractivity contribution in [2.24, 2.45) is 0 Å². The molecule has 2 N–H and O–H groups in total. The van der Waals surface area contributed by atoms with Crippen molar-refractivity contribution in [2.45, 2.75) is 6.92 Å². The van der Waals surface area contributed by atoms with Crippen LogP contribution in [0.1, 0.15) is 5.69 Å². The Bertz CT molecular complexity index is 478. The van der Waals surface area contributed by atoms with Crippen LogP contribution in [0.5, 0.6) is 0 Å². The lowest BCUT2D eigenvalue weighted by molar-refractivity contribution is 1.11. The Kier molecular flexibility index (Phi) is 2.64. The topological polar surface area (TPSA) is 64.7 Å². The Morgan fingerprint density at radius 1 is 1.20 bits per heavy atom. The maximum atomic E-state index is 5.65. The quantitative estimate of drug-likeness (QED) is 0.858. The minimum atomic E-state index is 0.470. The molecule has 2 aromatic rings. The van der Waals surface area contributed by atoms with Gasteiger partial charge in [-0.3, -0.25) is 4.98 Å². The minimum Gasteiger partial charge on any atom is -0.384 e. The van der Waals surface area contributed by atoms with Crippen molar-refractivity contribution in [2.75, 3.05) is 5.73 Å². The summed E-state index contributed by atoms with van der Waals surface area (Å²) in [4.78, 5) is 12.5. The fourth-order valence-corrected chi connectivity index (χ4v) is 1.62. The van der Waals surface area contributed by atoms with Crippen molar-refractivity contribution in [1.29, 1.82) is 0 Å². The SMILES string of the molecule is Cc1cc(N)nc(-c2cncc(Br)c2)n1. The first kappa shape index (κ1) is 10.0. The van der Waals surface area contributed by atoms with Crippen LogP contribution in [0.15, 0.2) is 29.0 Å². The number of nitrogen functional groups attached to an aromatic ring is 1. The molecule has 0 amide bonds. The van der Waals surface area contributed by atoms with Crippen molar-refractivity contribution in [3.05, 3.63) is 34.7 Å². The second kappa shape index (κ2) is 3.94. The Hall–Kier alpha value is -1.49. The number of anilines is 1. The van der Waals surface area contributed by atoms with Crippen molar-refractivity contribution in [3.8, 4) is 11.4 Å². The molecule has 0 bridgehead atoms. The zero-order chi connectivity index (χ0) is 10.8. The van der Waals surface area contributed by atoms with E-state index in [4.69, 9.17) is 5.73 Å². The summed E-state index contributed by atoms with van der Waals surface area (Å²) in [6.07, 6.45) is 3.42. The summed E-state index contributed by atoms with van der Waals surface area (Å²) >= 11 is 3.35. The van der Waals surface area contributed by atoms with Gasteiger partial charge in [0.1, 0.15) is 5.82 Å². The molecule has 0 aliphatic heterocycles. The molecule has 0 fully saturated rings. The van der Waals surface area contributed by atoms with Crippen molar-refractivity contribution in [1.82, 2.24) is 15.0 Å². The Morgan fingerprint density at radius 3 is 2.67 bits per heavy atom. The molecule has 0 aliphatic carbocycles. The van der Waals surface area contributed by atoms with Gasteiger partial charge in [0.15, 0.2) is 5.82 Å². The fourth-order valence-electron chi connectivity index (χ4n) is 1.26. The van der Waals surface area contributed by atoms with Crippen LogP contribution < -0.4 is 5.73 Å². The summed E-state index contributed by atoms with van der Waals surface area (Å²) in [5.74, 6) is 1.07. The lowest BCUT2D eigenvalue weighted by Crippen LogP contribution is -1.97. The highest BCUT2D eigenvalue weighted by Crippen LogP contribution is 2.19. The number of aromatic nitrogens is 3. The largest absolute Gasteiger partial charge is 0.384 e. The first-order chi connectivity index (χ1) is 7.15. The van der Waals surface area contributed by atoms with Gasteiger partial charge in [-0.05, 0) is 28.9 Å². The molecular weight excluding hydrogens is 256 g/mol. The van der Waals surface area contributed by atoms with Gasteiger partial charge in [0, 0.05) is 34.2 Å². The zero-order valence-corrected chi connectivity index (χ0v) is 9.69. The second-order valence-corrected chi connectivity index (χ2v) is 4.07. The summed E-state index contributed by atoms with van der Waals surface area (Å²) in [7, 11) is 0. The molecule has 5 heteroatoms. The van der Waals surface area contributed by atoms with Crippen LogP contribution in [0.4, 0.5) is 5.82 Å². The van der Waals surface area contributed by atoms with Crippen LogP contribution in [0.2, 0.25) is 0 Å². The van der Waals surface area contributed by atoms with Crippen LogP contribution in [0.25, 0.3) is 11.4 Å². The van der Waals surface area contributed by atoms with E-state index in [2.05, 4.69) is 30.9 Å². The predicted molar refractivity (Wildman–Crippen MR) is 62.1 cm³/mol. The standard InChI is InChI=1S/C10H9BrN4/c1-6-2-9(12)15-10(14-6)7-3-8(11)5-13-4-7/h2-5H,1H3,(H2,12,14,15). The molecule has 0 radical (unpaired) electrons. The summed E-state index contributed by atoms with van der Waals surface area (Å²) < 4.78 is 0.892. The van der Waals surface area contributed by atoms with E-state index in [-0.39, 0.29) is 0 Å². The van der Waals surface area contributed by atoms with Gasteiger partial charge in [0.25, 0.3) is 0 Å². The normalized spacial score (nSPS) is 10.3. The Labute approximate surface area is 95.7 Å². The maximum absolute atomic E-state index is 5.65. The number of hydrogen-bond donors (Lipinski definition) is 1. The first-order valence-corrected chi connectivity index (χ1v) is 5.16. The predicted octanol–water partition coefficient (Wildman–Crippen LogP) is 2.19. The molecule has 0 aromatic carbocycles. The first-order valence-electron chi connectivity index (χ1n) is 4.37. The van der Waals surface area contributed by atoms with E-state index >= 15 is 0 Å². The highest BCUT2D eigenvalue weighted by Gasteiger charge is 2.04. The highest BCUT2D eigenvalue weighted by molar-refractivity contribution is 9.10. The average molecular weight is 265 g/mol. The van der Waals surface area contributed by atoms with E-state index < -0.39 is 0 Å². The molecule has 0 saturated carbocycles. The molecule has 0 aliphatic rings. The van der Waals surface area contributed by atoms with Gasteiger partial charge in [-0.15, -0.1) is 0 Å².